The maximum atomic E-state index is 12.0. The van der Waals surface area contributed by atoms with Gasteiger partial charge >= 0.3 is 6.36 Å². The minimum absolute atomic E-state index is 0.128. The molecular weight excluding hydrogens is 375 g/mol. The van der Waals surface area contributed by atoms with E-state index in [0.29, 0.717) is 5.69 Å². The van der Waals surface area contributed by atoms with Gasteiger partial charge in [-0.25, -0.2) is 0 Å². The molecule has 1 aromatic carbocycles. The van der Waals surface area contributed by atoms with Crippen LogP contribution in [0.25, 0.3) is 10.9 Å². The van der Waals surface area contributed by atoms with E-state index in [1.165, 1.54) is 13.2 Å². The summed E-state index contributed by atoms with van der Waals surface area (Å²) in [5.41, 5.74) is 3.35. The number of fused-ring (bicyclic) bond motifs is 1. The molecule has 0 saturated carbocycles. The highest BCUT2D eigenvalue weighted by atomic mass is 19.4. The van der Waals surface area contributed by atoms with Crippen LogP contribution in [0.15, 0.2) is 42.6 Å². The van der Waals surface area contributed by atoms with Crippen molar-refractivity contribution in [3.05, 3.63) is 48.2 Å². The SMILES string of the molecule is COc1nc(OCCOC(F)(F)F)ccc1Nc1ccnc2cc(C)ccc12. The number of aryl methyl sites for hydroxylation is 1. The van der Waals surface area contributed by atoms with Crippen LogP contribution >= 0.6 is 0 Å². The fraction of sp³-hybridized carbons (Fsp3) is 0.263. The maximum absolute atomic E-state index is 12.0. The molecular formula is C19H18F3N3O3. The molecule has 0 fully saturated rings. The number of nitrogens with zero attached hydrogens (tertiary/aromatic N) is 2. The summed E-state index contributed by atoms with van der Waals surface area (Å²) >= 11 is 0. The quantitative estimate of drug-likeness (QED) is 0.592. The van der Waals surface area contributed by atoms with E-state index in [4.69, 9.17) is 9.47 Å². The van der Waals surface area contributed by atoms with Crippen LogP contribution in [0, 0.1) is 6.92 Å². The summed E-state index contributed by atoms with van der Waals surface area (Å²) in [6.45, 7) is 1.07. The molecule has 0 saturated heterocycles. The largest absolute Gasteiger partial charge is 0.522 e. The Labute approximate surface area is 159 Å². The van der Waals surface area contributed by atoms with Crippen molar-refractivity contribution < 1.29 is 27.4 Å². The van der Waals surface area contributed by atoms with Gasteiger partial charge in [-0.3, -0.25) is 9.72 Å². The first kappa shape index (κ1) is 19.7. The van der Waals surface area contributed by atoms with Gasteiger partial charge in [0.05, 0.1) is 19.2 Å². The molecule has 0 aliphatic rings. The van der Waals surface area contributed by atoms with Gasteiger partial charge in [0.15, 0.2) is 0 Å². The van der Waals surface area contributed by atoms with Gasteiger partial charge in [0.25, 0.3) is 0 Å². The van der Waals surface area contributed by atoms with Crippen molar-refractivity contribution in [2.75, 3.05) is 25.6 Å². The van der Waals surface area contributed by atoms with Crippen LogP contribution in [0.4, 0.5) is 24.5 Å². The second kappa shape index (κ2) is 8.30. The first-order valence-electron chi connectivity index (χ1n) is 8.36. The highest BCUT2D eigenvalue weighted by molar-refractivity contribution is 5.93. The van der Waals surface area contributed by atoms with Crippen LogP contribution in [0.1, 0.15) is 5.56 Å². The van der Waals surface area contributed by atoms with Gasteiger partial charge in [-0.05, 0) is 30.7 Å². The smallest absolute Gasteiger partial charge is 0.479 e. The topological polar surface area (TPSA) is 65.5 Å². The normalized spacial score (nSPS) is 11.5. The minimum atomic E-state index is -4.69. The second-order valence-corrected chi connectivity index (χ2v) is 5.85. The average molecular weight is 393 g/mol. The van der Waals surface area contributed by atoms with Crippen molar-refractivity contribution in [1.29, 1.82) is 0 Å². The van der Waals surface area contributed by atoms with Crippen molar-refractivity contribution in [3.63, 3.8) is 0 Å². The highest BCUT2D eigenvalue weighted by Crippen LogP contribution is 2.31. The van der Waals surface area contributed by atoms with E-state index in [0.717, 1.165) is 22.2 Å². The van der Waals surface area contributed by atoms with E-state index in [-0.39, 0.29) is 18.4 Å². The van der Waals surface area contributed by atoms with Gasteiger partial charge in [0, 0.05) is 23.3 Å². The molecule has 9 heteroatoms. The molecule has 0 bridgehead atoms. The standard InChI is InChI=1S/C19H18F3N3O3/c1-12-3-4-13-14(7-8-23-16(13)11-12)24-15-5-6-17(25-18(15)26-2)27-9-10-28-19(20,21)22/h3-8,11H,9-10H2,1-2H3,(H,23,24). The van der Waals surface area contributed by atoms with Crippen LogP contribution < -0.4 is 14.8 Å². The van der Waals surface area contributed by atoms with E-state index < -0.39 is 13.0 Å². The summed E-state index contributed by atoms with van der Waals surface area (Å²) in [6, 6.07) is 11.0. The molecule has 6 nitrogen and oxygen atoms in total. The van der Waals surface area contributed by atoms with Crippen LogP contribution in [0.3, 0.4) is 0 Å². The summed E-state index contributed by atoms with van der Waals surface area (Å²) in [7, 11) is 1.44. The molecule has 3 aromatic rings. The van der Waals surface area contributed by atoms with E-state index >= 15 is 0 Å². The van der Waals surface area contributed by atoms with Crippen molar-refractivity contribution in [1.82, 2.24) is 9.97 Å². The van der Waals surface area contributed by atoms with E-state index in [1.54, 1.807) is 12.3 Å². The molecule has 0 radical (unpaired) electrons. The Kier molecular flexibility index (Phi) is 5.84. The number of ether oxygens (including phenoxy) is 3. The molecule has 0 amide bonds. The molecule has 2 heterocycles. The van der Waals surface area contributed by atoms with Crippen LogP contribution in [0.2, 0.25) is 0 Å². The number of nitrogens with one attached hydrogen (secondary N) is 1. The Morgan fingerprint density at radius 2 is 1.86 bits per heavy atom. The predicted octanol–water partition coefficient (Wildman–Crippen LogP) is 4.61. The molecule has 1 N–H and O–H groups in total. The summed E-state index contributed by atoms with van der Waals surface area (Å²) in [4.78, 5) is 8.52. The lowest BCUT2D eigenvalue weighted by atomic mass is 10.1. The third-order valence-electron chi connectivity index (χ3n) is 3.79. The van der Waals surface area contributed by atoms with Crippen LogP contribution in [-0.4, -0.2) is 36.7 Å². The van der Waals surface area contributed by atoms with E-state index in [9.17, 15) is 13.2 Å². The average Bonchev–Trinajstić information content (AvgIpc) is 2.65. The number of alkyl halides is 3. The molecule has 2 aromatic heterocycles. The van der Waals surface area contributed by atoms with Gasteiger partial charge in [-0.1, -0.05) is 12.1 Å². The zero-order valence-corrected chi connectivity index (χ0v) is 15.2. The summed E-state index contributed by atoms with van der Waals surface area (Å²) in [5, 5.41) is 4.17. The van der Waals surface area contributed by atoms with E-state index in [1.807, 2.05) is 31.2 Å². The first-order chi connectivity index (χ1) is 13.4. The Hall–Kier alpha value is -3.07. The predicted molar refractivity (Wildman–Crippen MR) is 98.1 cm³/mol. The number of halogens is 3. The second-order valence-electron chi connectivity index (χ2n) is 5.85. The molecule has 0 aliphatic carbocycles. The third-order valence-corrected chi connectivity index (χ3v) is 3.79. The molecule has 0 atom stereocenters. The summed E-state index contributed by atoms with van der Waals surface area (Å²) in [6.07, 6.45) is -2.99. The molecule has 28 heavy (non-hydrogen) atoms. The number of pyridine rings is 2. The lowest BCUT2D eigenvalue weighted by Gasteiger charge is -2.14. The van der Waals surface area contributed by atoms with E-state index in [2.05, 4.69) is 20.0 Å². The van der Waals surface area contributed by atoms with Crippen LogP contribution in [0.5, 0.6) is 11.8 Å². The maximum Gasteiger partial charge on any atom is 0.522 e. The third kappa shape index (κ3) is 5.01. The zero-order valence-electron chi connectivity index (χ0n) is 15.2. The van der Waals surface area contributed by atoms with Crippen molar-refractivity contribution in [3.8, 4) is 11.8 Å². The van der Waals surface area contributed by atoms with Gasteiger partial charge in [-0.15, -0.1) is 13.2 Å². The molecule has 148 valence electrons. The fourth-order valence-electron chi connectivity index (χ4n) is 2.57. The Bertz CT molecular complexity index is 964. The van der Waals surface area contributed by atoms with Crippen LogP contribution in [-0.2, 0) is 4.74 Å². The lowest BCUT2D eigenvalue weighted by molar-refractivity contribution is -0.325. The monoisotopic (exact) mass is 393 g/mol. The fourth-order valence-corrected chi connectivity index (χ4v) is 2.57. The van der Waals surface area contributed by atoms with Crippen molar-refractivity contribution >= 4 is 22.3 Å². The molecule has 0 aliphatic heterocycles. The first-order valence-corrected chi connectivity index (χ1v) is 8.36. The lowest BCUT2D eigenvalue weighted by Crippen LogP contribution is -2.18. The molecule has 0 spiro atoms. The summed E-state index contributed by atoms with van der Waals surface area (Å²) < 4.78 is 50.0. The van der Waals surface area contributed by atoms with Gasteiger partial charge in [0.2, 0.25) is 11.8 Å². The van der Waals surface area contributed by atoms with Crippen molar-refractivity contribution in [2.45, 2.75) is 13.3 Å². The molecule has 0 unspecified atom stereocenters. The number of rotatable bonds is 7. The highest BCUT2D eigenvalue weighted by Gasteiger charge is 2.28. The number of methoxy groups -OCH3 is 1. The Balaban J connectivity index is 1.74. The number of hydrogen-bond donors (Lipinski definition) is 1. The molecule has 3 rings (SSSR count). The van der Waals surface area contributed by atoms with Crippen molar-refractivity contribution in [2.24, 2.45) is 0 Å². The number of benzene rings is 1. The minimum Gasteiger partial charge on any atom is -0.479 e. The van der Waals surface area contributed by atoms with Gasteiger partial charge < -0.3 is 14.8 Å². The number of anilines is 2. The number of hydrogen-bond acceptors (Lipinski definition) is 6. The Morgan fingerprint density at radius 3 is 2.61 bits per heavy atom. The van der Waals surface area contributed by atoms with Gasteiger partial charge in [-0.2, -0.15) is 4.98 Å². The zero-order chi connectivity index (χ0) is 20.1. The Morgan fingerprint density at radius 1 is 1.04 bits per heavy atom. The van der Waals surface area contributed by atoms with Gasteiger partial charge in [0.1, 0.15) is 12.3 Å². The number of aromatic nitrogens is 2. The summed E-state index contributed by atoms with van der Waals surface area (Å²) in [5.74, 6) is 0.370.